The number of nitrogens with two attached hydrogens (primary N) is 2. The summed E-state index contributed by atoms with van der Waals surface area (Å²) in [6, 6.07) is 0.0197. The van der Waals surface area contributed by atoms with Gasteiger partial charge in [-0.05, 0) is 19.9 Å². The average Bonchev–Trinajstić information content (AvgIpc) is 1.96. The smallest absolute Gasteiger partial charge is 0.317 e. The molecule has 6 nitrogen and oxygen atoms in total. The van der Waals surface area contributed by atoms with Gasteiger partial charge in [0.2, 0.25) is 0 Å². The van der Waals surface area contributed by atoms with Crippen molar-refractivity contribution in [2.24, 2.45) is 16.5 Å². The standard InChI is InChI=1S/C7H16N4O2/c1-5(11-7(8)9)2-3-10-4-6(12)13/h5,10H,2-4H2,1H3,(H,12,13)(H4,8,9,11). The Morgan fingerprint density at radius 3 is 2.69 bits per heavy atom. The number of rotatable bonds is 6. The van der Waals surface area contributed by atoms with Gasteiger partial charge in [-0.3, -0.25) is 9.79 Å². The Morgan fingerprint density at radius 2 is 2.23 bits per heavy atom. The Balaban J connectivity index is 3.43. The molecule has 0 aromatic heterocycles. The first-order valence-electron chi connectivity index (χ1n) is 4.03. The highest BCUT2D eigenvalue weighted by atomic mass is 16.4. The number of guanidine groups is 1. The van der Waals surface area contributed by atoms with Gasteiger partial charge >= 0.3 is 5.97 Å². The van der Waals surface area contributed by atoms with E-state index in [9.17, 15) is 4.79 Å². The van der Waals surface area contributed by atoms with Crippen molar-refractivity contribution in [2.45, 2.75) is 19.4 Å². The van der Waals surface area contributed by atoms with Gasteiger partial charge in [0.05, 0.1) is 12.6 Å². The van der Waals surface area contributed by atoms with Crippen LogP contribution in [-0.4, -0.2) is 36.2 Å². The highest BCUT2D eigenvalue weighted by molar-refractivity contribution is 5.75. The number of nitrogens with zero attached hydrogens (tertiary/aromatic N) is 1. The summed E-state index contributed by atoms with van der Waals surface area (Å²) in [5.41, 5.74) is 10.3. The number of hydrogen-bond acceptors (Lipinski definition) is 3. The summed E-state index contributed by atoms with van der Waals surface area (Å²) in [5, 5.41) is 11.0. The summed E-state index contributed by atoms with van der Waals surface area (Å²) >= 11 is 0. The van der Waals surface area contributed by atoms with Crippen molar-refractivity contribution in [1.82, 2.24) is 5.32 Å². The van der Waals surface area contributed by atoms with Crippen LogP contribution in [0.5, 0.6) is 0 Å². The predicted octanol–water partition coefficient (Wildman–Crippen LogP) is -1.29. The summed E-state index contributed by atoms with van der Waals surface area (Å²) in [4.78, 5) is 14.0. The minimum Gasteiger partial charge on any atom is -0.480 e. The lowest BCUT2D eigenvalue weighted by molar-refractivity contribution is -0.135. The van der Waals surface area contributed by atoms with E-state index in [1.54, 1.807) is 0 Å². The van der Waals surface area contributed by atoms with Gasteiger partial charge in [-0.2, -0.15) is 0 Å². The molecule has 13 heavy (non-hydrogen) atoms. The van der Waals surface area contributed by atoms with Gasteiger partial charge in [-0.15, -0.1) is 0 Å². The van der Waals surface area contributed by atoms with Crippen molar-refractivity contribution in [3.05, 3.63) is 0 Å². The lowest BCUT2D eigenvalue weighted by Crippen LogP contribution is -2.28. The minimum absolute atomic E-state index is 0.0197. The average molecular weight is 188 g/mol. The van der Waals surface area contributed by atoms with Crippen molar-refractivity contribution in [1.29, 1.82) is 0 Å². The molecule has 0 amide bonds. The summed E-state index contributed by atoms with van der Waals surface area (Å²) < 4.78 is 0. The lowest BCUT2D eigenvalue weighted by Gasteiger charge is -2.06. The van der Waals surface area contributed by atoms with E-state index in [0.717, 1.165) is 0 Å². The molecule has 0 aliphatic rings. The molecule has 1 atom stereocenters. The van der Waals surface area contributed by atoms with E-state index < -0.39 is 5.97 Å². The lowest BCUT2D eigenvalue weighted by atomic mass is 10.2. The molecule has 0 aromatic rings. The van der Waals surface area contributed by atoms with Gasteiger partial charge in [0, 0.05) is 0 Å². The van der Waals surface area contributed by atoms with Gasteiger partial charge in [-0.1, -0.05) is 0 Å². The Labute approximate surface area is 77.0 Å². The van der Waals surface area contributed by atoms with Crippen LogP contribution in [0.2, 0.25) is 0 Å². The minimum atomic E-state index is -0.866. The quantitative estimate of drug-likeness (QED) is 0.235. The van der Waals surface area contributed by atoms with Gasteiger partial charge in [0.25, 0.3) is 0 Å². The third kappa shape index (κ3) is 8.61. The van der Waals surface area contributed by atoms with E-state index in [0.29, 0.717) is 13.0 Å². The summed E-state index contributed by atoms with van der Waals surface area (Å²) in [7, 11) is 0. The van der Waals surface area contributed by atoms with Crippen LogP contribution in [0.3, 0.4) is 0 Å². The molecule has 0 aliphatic carbocycles. The highest BCUT2D eigenvalue weighted by Crippen LogP contribution is 1.93. The van der Waals surface area contributed by atoms with Crippen LogP contribution >= 0.6 is 0 Å². The number of carbonyl (C=O) groups is 1. The van der Waals surface area contributed by atoms with Crippen molar-refractivity contribution in [2.75, 3.05) is 13.1 Å². The molecule has 0 aromatic carbocycles. The molecule has 0 aliphatic heterocycles. The molecular formula is C7H16N4O2. The van der Waals surface area contributed by atoms with Crippen LogP contribution in [0.25, 0.3) is 0 Å². The highest BCUT2D eigenvalue weighted by Gasteiger charge is 2.00. The first-order chi connectivity index (χ1) is 6.02. The third-order valence-corrected chi connectivity index (χ3v) is 1.38. The Morgan fingerprint density at radius 1 is 1.62 bits per heavy atom. The van der Waals surface area contributed by atoms with E-state index in [1.807, 2.05) is 6.92 Å². The third-order valence-electron chi connectivity index (χ3n) is 1.38. The van der Waals surface area contributed by atoms with Crippen LogP contribution in [-0.2, 0) is 4.79 Å². The van der Waals surface area contributed by atoms with Crippen molar-refractivity contribution < 1.29 is 9.90 Å². The molecule has 0 rings (SSSR count). The predicted molar refractivity (Wildman–Crippen MR) is 50.4 cm³/mol. The van der Waals surface area contributed by atoms with Crippen molar-refractivity contribution in [3.8, 4) is 0 Å². The number of aliphatic carboxylic acids is 1. The largest absolute Gasteiger partial charge is 0.480 e. The number of hydrogen-bond donors (Lipinski definition) is 4. The fraction of sp³-hybridized carbons (Fsp3) is 0.714. The zero-order chi connectivity index (χ0) is 10.3. The van der Waals surface area contributed by atoms with Crippen LogP contribution < -0.4 is 16.8 Å². The van der Waals surface area contributed by atoms with Crippen LogP contribution in [0.1, 0.15) is 13.3 Å². The Kier molecular flexibility index (Phi) is 5.62. The van der Waals surface area contributed by atoms with Gasteiger partial charge in [0.15, 0.2) is 5.96 Å². The molecule has 0 saturated carbocycles. The van der Waals surface area contributed by atoms with Crippen LogP contribution in [0, 0.1) is 0 Å². The SMILES string of the molecule is CC(CCNCC(=O)O)N=C(N)N. The van der Waals surface area contributed by atoms with Gasteiger partial charge < -0.3 is 21.9 Å². The summed E-state index contributed by atoms with van der Waals surface area (Å²) in [6.45, 7) is 2.42. The molecule has 0 saturated heterocycles. The fourth-order valence-corrected chi connectivity index (χ4v) is 0.825. The number of nitrogens with one attached hydrogen (secondary N) is 1. The molecule has 76 valence electrons. The Hall–Kier alpha value is -1.30. The molecule has 6 heteroatoms. The van der Waals surface area contributed by atoms with Crippen LogP contribution in [0.15, 0.2) is 4.99 Å². The second-order valence-electron chi connectivity index (χ2n) is 2.76. The van der Waals surface area contributed by atoms with Crippen LogP contribution in [0.4, 0.5) is 0 Å². The second kappa shape index (κ2) is 6.24. The molecule has 6 N–H and O–H groups in total. The van der Waals surface area contributed by atoms with E-state index in [-0.39, 0.29) is 18.5 Å². The zero-order valence-corrected chi connectivity index (χ0v) is 7.66. The first kappa shape index (κ1) is 11.7. The van der Waals surface area contributed by atoms with Crippen molar-refractivity contribution in [3.63, 3.8) is 0 Å². The molecule has 0 radical (unpaired) electrons. The number of carboxylic acid groups (broad SMARTS) is 1. The molecule has 0 spiro atoms. The van der Waals surface area contributed by atoms with E-state index in [1.165, 1.54) is 0 Å². The topological polar surface area (TPSA) is 114 Å². The van der Waals surface area contributed by atoms with Crippen molar-refractivity contribution >= 4 is 11.9 Å². The van der Waals surface area contributed by atoms with E-state index in [4.69, 9.17) is 16.6 Å². The molecule has 0 fully saturated rings. The van der Waals surface area contributed by atoms with E-state index >= 15 is 0 Å². The summed E-state index contributed by atoms with van der Waals surface area (Å²) in [6.07, 6.45) is 0.713. The second-order valence-corrected chi connectivity index (χ2v) is 2.76. The Bertz CT molecular complexity index is 189. The van der Waals surface area contributed by atoms with Gasteiger partial charge in [0.1, 0.15) is 0 Å². The molecular weight excluding hydrogens is 172 g/mol. The normalized spacial score (nSPS) is 12.1. The zero-order valence-electron chi connectivity index (χ0n) is 7.66. The monoisotopic (exact) mass is 188 g/mol. The van der Waals surface area contributed by atoms with E-state index in [2.05, 4.69) is 10.3 Å². The summed E-state index contributed by atoms with van der Waals surface area (Å²) in [5.74, 6) is -0.805. The maximum Gasteiger partial charge on any atom is 0.317 e. The number of aliphatic imine (C=N–C) groups is 1. The molecule has 1 unspecified atom stereocenters. The number of carboxylic acids is 1. The molecule has 0 heterocycles. The first-order valence-corrected chi connectivity index (χ1v) is 4.03. The maximum absolute atomic E-state index is 10.1. The molecule has 0 bridgehead atoms. The maximum atomic E-state index is 10.1. The fourth-order valence-electron chi connectivity index (χ4n) is 0.825. The van der Waals surface area contributed by atoms with Gasteiger partial charge in [-0.25, -0.2) is 0 Å².